The first kappa shape index (κ1) is 20.3. The summed E-state index contributed by atoms with van der Waals surface area (Å²) in [6.07, 6.45) is 3.42. The van der Waals surface area contributed by atoms with Crippen LogP contribution in [0.4, 0.5) is 11.4 Å². The normalized spacial score (nSPS) is 24.0. The summed E-state index contributed by atoms with van der Waals surface area (Å²) in [6, 6.07) is -8.81. The number of aromatic nitrogens is 1. The molecule has 12 rings (SSSR count). The molecule has 2 aliphatic rings. The van der Waals surface area contributed by atoms with Crippen molar-refractivity contribution in [2.24, 2.45) is 0 Å². The second-order valence-corrected chi connectivity index (χ2v) is 20.0. The van der Waals surface area contributed by atoms with Crippen LogP contribution < -0.4 is 20.5 Å². The number of hydrogen-bond acceptors (Lipinski definition) is 1. The van der Waals surface area contributed by atoms with Crippen LogP contribution in [-0.2, 0) is 5.41 Å². The average molecular weight is 880 g/mol. The third kappa shape index (κ3) is 6.06. The molecule has 1 saturated carbocycles. The van der Waals surface area contributed by atoms with Gasteiger partial charge in [-0.25, -0.2) is 0 Å². The van der Waals surface area contributed by atoms with Gasteiger partial charge in [-0.2, -0.15) is 0 Å². The van der Waals surface area contributed by atoms with Gasteiger partial charge in [-0.05, 0) is 105 Å². The standard InChI is InChI=1S/C62H52N2Si/c1-61-39-16-17-40-62(61,2)63(60-36-15-13-34-57(60)61)51-37-38-59-56(44-51)55-33-12-14-35-58(55)64(59)65(52-30-18-27-48(41-52)45-21-6-3-7-22-45,53-31-19-28-49(42-53)46-23-8-4-9-24-46)54-32-20-29-50(43-54)47-25-10-5-11-26-47/h3-15,18-38,41-44H,16-17,39-40H2,1-2H3/i3D,4D,5D,6D,7D,8D,9D,10D,11D,18D,19D,20D,21D,22D,23D,24D,25D,26D,27D,28D,29D,30D,31D,32D,41D,42D,43D. The zero-order chi connectivity index (χ0) is 67.1. The van der Waals surface area contributed by atoms with Gasteiger partial charge in [-0.3, -0.25) is 0 Å². The van der Waals surface area contributed by atoms with Gasteiger partial charge in [-0.15, -0.1) is 0 Å². The van der Waals surface area contributed by atoms with Crippen molar-refractivity contribution in [1.82, 2.24) is 4.23 Å². The summed E-state index contributed by atoms with van der Waals surface area (Å²) in [5.41, 5.74) is -3.74. The third-order valence-corrected chi connectivity index (χ3v) is 17.5. The Labute approximate surface area is 422 Å². The number of nitrogens with zero attached hydrogens (tertiary/aromatic N) is 2. The number of para-hydroxylation sites is 2. The van der Waals surface area contributed by atoms with E-state index in [2.05, 4.69) is 24.8 Å². The lowest BCUT2D eigenvalue weighted by Crippen LogP contribution is -2.72. The van der Waals surface area contributed by atoms with Crippen molar-refractivity contribution in [3.63, 3.8) is 0 Å². The minimum absolute atomic E-state index is 0.000717. The van der Waals surface area contributed by atoms with Crippen molar-refractivity contribution in [3.8, 4) is 33.4 Å². The van der Waals surface area contributed by atoms with Crippen LogP contribution in [0.3, 0.4) is 0 Å². The third-order valence-electron chi connectivity index (χ3n) is 13.5. The van der Waals surface area contributed by atoms with Crippen molar-refractivity contribution in [2.75, 3.05) is 4.90 Å². The molecular weight excluding hydrogens is 801 g/mol. The lowest BCUT2D eigenvalue weighted by atomic mass is 9.61. The van der Waals surface area contributed by atoms with E-state index in [1.54, 1.807) is 30.3 Å². The van der Waals surface area contributed by atoms with E-state index in [0.29, 0.717) is 16.5 Å². The molecule has 0 N–H and O–H groups in total. The molecule has 1 aromatic heterocycles. The molecule has 2 atom stereocenters. The molecule has 2 nitrogen and oxygen atoms in total. The van der Waals surface area contributed by atoms with E-state index >= 15 is 0 Å². The Morgan fingerprint density at radius 3 is 1.51 bits per heavy atom. The summed E-state index contributed by atoms with van der Waals surface area (Å²) in [7, 11) is -6.47. The number of benzene rings is 9. The second-order valence-electron chi connectivity index (χ2n) is 16.7. The maximum absolute atomic E-state index is 10.8. The Balaban J connectivity index is 1.42. The molecule has 314 valence electrons. The number of hydrogen-bond donors (Lipinski definition) is 0. The molecular formula is C62H52N2Si. The predicted octanol–water partition coefficient (Wildman–Crippen LogP) is 14.1. The van der Waals surface area contributed by atoms with E-state index in [0.717, 1.165) is 36.9 Å². The topological polar surface area (TPSA) is 8.17 Å². The van der Waals surface area contributed by atoms with E-state index in [9.17, 15) is 24.7 Å². The van der Waals surface area contributed by atoms with Gasteiger partial charge in [0, 0.05) is 38.6 Å². The van der Waals surface area contributed by atoms with Crippen molar-refractivity contribution in [2.45, 2.75) is 50.5 Å². The maximum Gasteiger partial charge on any atom is 0.257 e. The fraction of sp³-hybridized carbons (Fsp3) is 0.129. The second kappa shape index (κ2) is 15.5. The van der Waals surface area contributed by atoms with Crippen LogP contribution in [0.5, 0.6) is 0 Å². The average Bonchev–Trinajstić information content (AvgIpc) is 1.15. The summed E-state index contributed by atoms with van der Waals surface area (Å²) in [6.45, 7) is 4.41. The van der Waals surface area contributed by atoms with Crippen LogP contribution in [0, 0.1) is 0 Å². The Kier molecular flexibility index (Phi) is 4.85. The largest absolute Gasteiger partial charge is 0.355 e. The van der Waals surface area contributed by atoms with Crippen LogP contribution in [-0.4, -0.2) is 18.0 Å². The fourth-order valence-electron chi connectivity index (χ4n) is 10.3. The highest BCUT2D eigenvalue weighted by molar-refractivity contribution is 7.11. The Bertz CT molecular complexity index is 4570. The van der Waals surface area contributed by atoms with Crippen LogP contribution >= 0.6 is 0 Å². The van der Waals surface area contributed by atoms with Gasteiger partial charge in [0.1, 0.15) is 0 Å². The molecule has 2 heterocycles. The molecule has 0 bridgehead atoms. The van der Waals surface area contributed by atoms with Gasteiger partial charge in [-0.1, -0.05) is 219 Å². The molecule has 1 fully saturated rings. The molecule has 2 unspecified atom stereocenters. The first-order chi connectivity index (χ1) is 43.2. The quantitative estimate of drug-likeness (QED) is 0.109. The van der Waals surface area contributed by atoms with E-state index in [4.69, 9.17) is 12.3 Å². The number of rotatable bonds is 8. The molecule has 0 spiro atoms. The Morgan fingerprint density at radius 2 is 0.938 bits per heavy atom. The van der Waals surface area contributed by atoms with Gasteiger partial charge in [0.25, 0.3) is 8.24 Å². The van der Waals surface area contributed by atoms with Crippen LogP contribution in [0.25, 0.3) is 55.2 Å². The highest BCUT2D eigenvalue weighted by atomic mass is 28.3. The van der Waals surface area contributed by atoms with Crippen molar-refractivity contribution >= 4 is 57.0 Å². The summed E-state index contributed by atoms with van der Waals surface area (Å²) < 4.78 is 257. The van der Waals surface area contributed by atoms with Crippen LogP contribution in [0.15, 0.2) is 230 Å². The molecule has 0 amide bonds. The molecule has 65 heavy (non-hydrogen) atoms. The number of fused-ring (bicyclic) bond motifs is 6. The highest BCUT2D eigenvalue weighted by Gasteiger charge is 2.57. The fourth-order valence-corrected chi connectivity index (χ4v) is 14.5. The SMILES string of the molecule is [2H]c1c([2H])c([2H])c(-c2c([2H])c([2H])c([2H])c([Si](c3c([2H])c([2H])c([2H])c(-c4c([2H])c([2H])c([2H])c([2H])c4[2H])c3[2H])(c3c([2H])c([2H])c([2H])c(-c4c([2H])c([2H])c([2H])c([2H])c4[2H])c3[2H])n3c4ccccc4c4cc(N5c6ccccc6C6(C)CCCCC56C)ccc43)c2[2H])c([2H])c1[2H]. The van der Waals surface area contributed by atoms with Gasteiger partial charge in [0.2, 0.25) is 0 Å². The maximum atomic E-state index is 10.8. The van der Waals surface area contributed by atoms with Gasteiger partial charge in [0.15, 0.2) is 0 Å². The lowest BCUT2D eigenvalue weighted by Gasteiger charge is -2.50. The van der Waals surface area contributed by atoms with E-state index < -0.39 is 226 Å². The van der Waals surface area contributed by atoms with Gasteiger partial charge in [0.05, 0.1) is 42.5 Å². The van der Waals surface area contributed by atoms with Crippen LogP contribution in [0.1, 0.15) is 82.1 Å². The Morgan fingerprint density at radius 1 is 0.462 bits per heavy atom. The van der Waals surface area contributed by atoms with Crippen molar-refractivity contribution < 1.29 is 37.0 Å². The summed E-state index contributed by atoms with van der Waals surface area (Å²) in [4.78, 5) is 2.25. The summed E-state index contributed by atoms with van der Waals surface area (Å²) in [5, 5.41) is -2.25. The molecule has 10 aromatic rings. The first-order valence-corrected chi connectivity index (χ1v) is 23.1. The van der Waals surface area contributed by atoms with Crippen molar-refractivity contribution in [3.05, 3.63) is 235 Å². The zero-order valence-electron chi connectivity index (χ0n) is 62.1. The Hall–Kier alpha value is -7.20. The molecule has 9 aromatic carbocycles. The molecule has 0 saturated heterocycles. The van der Waals surface area contributed by atoms with Gasteiger partial charge >= 0.3 is 0 Å². The molecule has 0 radical (unpaired) electrons. The van der Waals surface area contributed by atoms with Crippen molar-refractivity contribution in [1.29, 1.82) is 0 Å². The molecule has 1 aliphatic carbocycles. The number of anilines is 2. The lowest BCUT2D eigenvalue weighted by molar-refractivity contribution is 0.195. The van der Waals surface area contributed by atoms with E-state index in [-0.39, 0.29) is 16.4 Å². The van der Waals surface area contributed by atoms with E-state index in [1.165, 1.54) is 10.3 Å². The smallest absolute Gasteiger partial charge is 0.257 e. The molecule has 3 heteroatoms. The minimum Gasteiger partial charge on any atom is -0.355 e. The van der Waals surface area contributed by atoms with Gasteiger partial charge < -0.3 is 9.13 Å². The van der Waals surface area contributed by atoms with Crippen LogP contribution in [0.2, 0.25) is 0 Å². The molecule has 1 aliphatic heterocycles. The first-order valence-electron chi connectivity index (χ1n) is 34.7. The zero-order valence-corrected chi connectivity index (χ0v) is 36.1. The monoisotopic (exact) mass is 880 g/mol. The predicted molar refractivity (Wildman–Crippen MR) is 278 cm³/mol. The highest BCUT2D eigenvalue weighted by Crippen LogP contribution is 2.61. The minimum atomic E-state index is -6.47. The van der Waals surface area contributed by atoms with E-state index in [1.807, 2.05) is 24.3 Å². The summed E-state index contributed by atoms with van der Waals surface area (Å²) in [5.74, 6) is 0. The summed E-state index contributed by atoms with van der Waals surface area (Å²) >= 11 is 0.